The summed E-state index contributed by atoms with van der Waals surface area (Å²) < 4.78 is 5.45. The van der Waals surface area contributed by atoms with Crippen LogP contribution in [0, 0.1) is 5.92 Å². The molecule has 0 amide bonds. The van der Waals surface area contributed by atoms with E-state index in [0.29, 0.717) is 18.2 Å². The van der Waals surface area contributed by atoms with Gasteiger partial charge in [0, 0.05) is 11.8 Å². The number of hydrogen-bond acceptors (Lipinski definition) is 4. The van der Waals surface area contributed by atoms with Crippen molar-refractivity contribution in [2.75, 3.05) is 0 Å². The van der Waals surface area contributed by atoms with Crippen molar-refractivity contribution >= 4 is 5.97 Å². The van der Waals surface area contributed by atoms with Gasteiger partial charge >= 0.3 is 5.97 Å². The third-order valence-electron chi connectivity index (χ3n) is 5.06. The lowest BCUT2D eigenvalue weighted by Gasteiger charge is -2.15. The Morgan fingerprint density at radius 2 is 1.71 bits per heavy atom. The lowest BCUT2D eigenvalue weighted by atomic mass is 9.91. The highest BCUT2D eigenvalue weighted by atomic mass is 16.5. The summed E-state index contributed by atoms with van der Waals surface area (Å²) in [6.45, 7) is 0. The Balaban J connectivity index is 1.64. The van der Waals surface area contributed by atoms with Crippen LogP contribution in [0.5, 0.6) is 0 Å². The Labute approximate surface area is 125 Å². The van der Waals surface area contributed by atoms with Crippen molar-refractivity contribution in [3.63, 3.8) is 0 Å². The molecule has 116 valence electrons. The molecule has 2 aliphatic rings. The Bertz CT molecular complexity index is 478. The number of hydrogen-bond donors (Lipinski definition) is 1. The van der Waals surface area contributed by atoms with E-state index in [0.717, 1.165) is 31.5 Å². The van der Waals surface area contributed by atoms with Gasteiger partial charge in [-0.05, 0) is 32.1 Å². The van der Waals surface area contributed by atoms with Gasteiger partial charge in [0.15, 0.2) is 5.82 Å². The van der Waals surface area contributed by atoms with Crippen LogP contribution in [0.25, 0.3) is 0 Å². The van der Waals surface area contributed by atoms with Gasteiger partial charge in [-0.2, -0.15) is 4.98 Å². The van der Waals surface area contributed by atoms with Crippen molar-refractivity contribution in [3.05, 3.63) is 11.7 Å². The quantitative estimate of drug-likeness (QED) is 0.915. The zero-order valence-electron chi connectivity index (χ0n) is 12.5. The fraction of sp³-hybridized carbons (Fsp3) is 0.812. The number of aromatic nitrogens is 2. The molecule has 0 aromatic carbocycles. The smallest absolute Gasteiger partial charge is 0.306 e. The van der Waals surface area contributed by atoms with Gasteiger partial charge in [-0.3, -0.25) is 4.79 Å². The Morgan fingerprint density at radius 3 is 2.38 bits per heavy atom. The van der Waals surface area contributed by atoms with E-state index >= 15 is 0 Å². The third kappa shape index (κ3) is 3.44. The fourth-order valence-electron chi connectivity index (χ4n) is 3.72. The number of carbonyl (C=O) groups is 1. The zero-order chi connectivity index (χ0) is 14.7. The molecule has 2 saturated carbocycles. The average molecular weight is 292 g/mol. The Kier molecular flexibility index (Phi) is 4.56. The van der Waals surface area contributed by atoms with Crippen LogP contribution in [0.15, 0.2) is 4.52 Å². The van der Waals surface area contributed by atoms with Crippen LogP contribution in [-0.4, -0.2) is 21.2 Å². The monoisotopic (exact) mass is 292 g/mol. The standard InChI is InChI=1S/C16H24N2O3/c19-16(20)13-9-8-12(10-13)15-17-14(18-21-15)11-6-4-2-1-3-5-7-11/h11-13H,1-10H2,(H,19,20). The minimum Gasteiger partial charge on any atom is -0.481 e. The molecule has 0 aliphatic heterocycles. The first-order valence-electron chi connectivity index (χ1n) is 8.30. The highest BCUT2D eigenvalue weighted by Gasteiger charge is 2.34. The summed E-state index contributed by atoms with van der Waals surface area (Å²) in [6.07, 6.45) is 11.0. The number of carboxylic acids is 1. The molecule has 1 aromatic heterocycles. The van der Waals surface area contributed by atoms with E-state index in [1.165, 1.54) is 32.1 Å². The summed E-state index contributed by atoms with van der Waals surface area (Å²) in [5.74, 6) is 1.14. The van der Waals surface area contributed by atoms with Crippen LogP contribution in [0.4, 0.5) is 0 Å². The molecule has 2 unspecified atom stereocenters. The molecule has 0 bridgehead atoms. The van der Waals surface area contributed by atoms with E-state index < -0.39 is 5.97 Å². The van der Waals surface area contributed by atoms with Crippen molar-refractivity contribution in [1.29, 1.82) is 0 Å². The second-order valence-corrected chi connectivity index (χ2v) is 6.58. The number of aliphatic carboxylic acids is 1. The highest BCUT2D eigenvalue weighted by Crippen LogP contribution is 2.38. The molecule has 2 atom stereocenters. The predicted molar refractivity (Wildman–Crippen MR) is 77.1 cm³/mol. The van der Waals surface area contributed by atoms with Crippen molar-refractivity contribution < 1.29 is 14.4 Å². The van der Waals surface area contributed by atoms with Gasteiger partial charge in [-0.25, -0.2) is 0 Å². The number of nitrogens with zero attached hydrogens (tertiary/aromatic N) is 2. The fourth-order valence-corrected chi connectivity index (χ4v) is 3.72. The van der Waals surface area contributed by atoms with Gasteiger partial charge in [0.05, 0.1) is 5.92 Å². The molecular weight excluding hydrogens is 268 g/mol. The molecule has 1 heterocycles. The lowest BCUT2D eigenvalue weighted by molar-refractivity contribution is -0.141. The van der Waals surface area contributed by atoms with Crippen LogP contribution in [0.2, 0.25) is 0 Å². The van der Waals surface area contributed by atoms with E-state index in [4.69, 9.17) is 9.63 Å². The first kappa shape index (κ1) is 14.5. The summed E-state index contributed by atoms with van der Waals surface area (Å²) in [4.78, 5) is 15.6. The SMILES string of the molecule is O=C(O)C1CCC(c2nc(C3CCCCCCC3)no2)C1. The van der Waals surface area contributed by atoms with Crippen molar-refractivity contribution in [2.45, 2.75) is 76.0 Å². The van der Waals surface area contributed by atoms with E-state index in [9.17, 15) is 4.79 Å². The molecular formula is C16H24N2O3. The Morgan fingerprint density at radius 1 is 1.00 bits per heavy atom. The minimum absolute atomic E-state index is 0.140. The molecule has 1 N–H and O–H groups in total. The summed E-state index contributed by atoms with van der Waals surface area (Å²) >= 11 is 0. The van der Waals surface area contributed by atoms with Crippen molar-refractivity contribution in [1.82, 2.24) is 10.1 Å². The van der Waals surface area contributed by atoms with Crippen LogP contribution >= 0.6 is 0 Å². The second kappa shape index (κ2) is 6.58. The normalized spacial score (nSPS) is 28.2. The van der Waals surface area contributed by atoms with Gasteiger partial charge in [0.1, 0.15) is 0 Å². The van der Waals surface area contributed by atoms with E-state index in [2.05, 4.69) is 10.1 Å². The third-order valence-corrected chi connectivity index (χ3v) is 5.06. The van der Waals surface area contributed by atoms with Crippen LogP contribution < -0.4 is 0 Å². The summed E-state index contributed by atoms with van der Waals surface area (Å²) in [6, 6.07) is 0. The molecule has 2 fully saturated rings. The van der Waals surface area contributed by atoms with Crippen LogP contribution in [0.1, 0.15) is 87.8 Å². The summed E-state index contributed by atoms with van der Waals surface area (Å²) in [5, 5.41) is 13.3. The molecule has 0 spiro atoms. The molecule has 5 heteroatoms. The molecule has 1 aromatic rings. The first-order chi connectivity index (χ1) is 10.2. The number of rotatable bonds is 3. The lowest BCUT2D eigenvalue weighted by Crippen LogP contribution is -2.09. The molecule has 3 rings (SSSR count). The van der Waals surface area contributed by atoms with E-state index in [1.54, 1.807) is 0 Å². The largest absolute Gasteiger partial charge is 0.481 e. The molecule has 2 aliphatic carbocycles. The second-order valence-electron chi connectivity index (χ2n) is 6.58. The van der Waals surface area contributed by atoms with E-state index in [1.807, 2.05) is 0 Å². The minimum atomic E-state index is -0.697. The highest BCUT2D eigenvalue weighted by molar-refractivity contribution is 5.70. The topological polar surface area (TPSA) is 76.2 Å². The summed E-state index contributed by atoms with van der Waals surface area (Å²) in [7, 11) is 0. The van der Waals surface area contributed by atoms with E-state index in [-0.39, 0.29) is 11.8 Å². The summed E-state index contributed by atoms with van der Waals surface area (Å²) in [5.41, 5.74) is 0. The van der Waals surface area contributed by atoms with Crippen molar-refractivity contribution in [2.24, 2.45) is 5.92 Å². The van der Waals surface area contributed by atoms with Gasteiger partial charge in [0.25, 0.3) is 0 Å². The van der Waals surface area contributed by atoms with Gasteiger partial charge in [-0.15, -0.1) is 0 Å². The maximum Gasteiger partial charge on any atom is 0.306 e. The van der Waals surface area contributed by atoms with Crippen molar-refractivity contribution in [3.8, 4) is 0 Å². The van der Waals surface area contributed by atoms with Gasteiger partial charge < -0.3 is 9.63 Å². The molecule has 5 nitrogen and oxygen atoms in total. The predicted octanol–water partition coefficient (Wildman–Crippen LogP) is 3.87. The zero-order valence-corrected chi connectivity index (χ0v) is 12.5. The Hall–Kier alpha value is -1.39. The van der Waals surface area contributed by atoms with Crippen LogP contribution in [0.3, 0.4) is 0 Å². The first-order valence-corrected chi connectivity index (χ1v) is 8.30. The van der Waals surface area contributed by atoms with Crippen LogP contribution in [-0.2, 0) is 4.79 Å². The van der Waals surface area contributed by atoms with Gasteiger partial charge in [0.2, 0.25) is 5.89 Å². The molecule has 0 saturated heterocycles. The molecule has 21 heavy (non-hydrogen) atoms. The maximum absolute atomic E-state index is 11.0. The number of carboxylic acid groups (broad SMARTS) is 1. The van der Waals surface area contributed by atoms with Gasteiger partial charge in [-0.1, -0.05) is 37.3 Å². The molecule has 0 radical (unpaired) electrons. The average Bonchev–Trinajstić information content (AvgIpc) is 3.07. The maximum atomic E-state index is 11.0.